The van der Waals surface area contributed by atoms with Gasteiger partial charge in [0.05, 0.1) is 17.1 Å². The zero-order chi connectivity index (χ0) is 24.1. The number of amides is 1. The van der Waals surface area contributed by atoms with Crippen LogP contribution in [0.2, 0.25) is 0 Å². The maximum Gasteiger partial charge on any atom is 0.251 e. The van der Waals surface area contributed by atoms with Crippen LogP contribution in [0, 0.1) is 0 Å². The molecule has 2 unspecified atom stereocenters. The van der Waals surface area contributed by atoms with Crippen LogP contribution >= 0.6 is 0 Å². The van der Waals surface area contributed by atoms with Crippen molar-refractivity contribution in [2.45, 2.75) is 36.9 Å². The number of sulfonamides is 1. The molecular formula is C27H30N2O4S. The van der Waals surface area contributed by atoms with Gasteiger partial charge in [-0.25, -0.2) is 8.42 Å². The molecule has 1 heterocycles. The Bertz CT molecular complexity index is 1150. The fourth-order valence-corrected chi connectivity index (χ4v) is 5.94. The molecule has 0 aromatic heterocycles. The third-order valence-electron chi connectivity index (χ3n) is 6.01. The van der Waals surface area contributed by atoms with E-state index < -0.39 is 10.0 Å². The molecule has 3 aromatic rings. The van der Waals surface area contributed by atoms with E-state index in [1.54, 1.807) is 12.1 Å². The molecule has 1 saturated heterocycles. The first-order chi connectivity index (χ1) is 16.3. The predicted octanol–water partition coefficient (Wildman–Crippen LogP) is 4.05. The van der Waals surface area contributed by atoms with Gasteiger partial charge in [0.2, 0.25) is 10.0 Å². The van der Waals surface area contributed by atoms with Crippen molar-refractivity contribution in [3.05, 3.63) is 102 Å². The second-order valence-electron chi connectivity index (χ2n) is 8.69. The number of carbonyl (C=O) groups is 1. The SMILES string of the molecule is CC1CN(S(=O)(=O)c2ccc(C(=O)NCC(c3ccccc3)c3ccccc3)cc2)CC(C)O1. The van der Waals surface area contributed by atoms with Gasteiger partial charge in [-0.2, -0.15) is 4.31 Å². The first-order valence-corrected chi connectivity index (χ1v) is 12.9. The van der Waals surface area contributed by atoms with Crippen molar-refractivity contribution >= 4 is 15.9 Å². The molecule has 0 saturated carbocycles. The number of benzene rings is 3. The van der Waals surface area contributed by atoms with Crippen LogP contribution in [-0.2, 0) is 14.8 Å². The Morgan fingerprint density at radius 3 is 1.88 bits per heavy atom. The van der Waals surface area contributed by atoms with Gasteiger partial charge in [0.25, 0.3) is 5.91 Å². The number of hydrogen-bond acceptors (Lipinski definition) is 4. The zero-order valence-electron chi connectivity index (χ0n) is 19.4. The van der Waals surface area contributed by atoms with Gasteiger partial charge in [-0.15, -0.1) is 0 Å². The summed E-state index contributed by atoms with van der Waals surface area (Å²) in [7, 11) is -3.65. The third-order valence-corrected chi connectivity index (χ3v) is 7.86. The predicted molar refractivity (Wildman–Crippen MR) is 132 cm³/mol. The van der Waals surface area contributed by atoms with E-state index in [4.69, 9.17) is 4.74 Å². The number of morpholine rings is 1. The molecule has 34 heavy (non-hydrogen) atoms. The van der Waals surface area contributed by atoms with Gasteiger partial charge in [0.1, 0.15) is 0 Å². The van der Waals surface area contributed by atoms with Crippen LogP contribution in [0.1, 0.15) is 41.3 Å². The second-order valence-corrected chi connectivity index (χ2v) is 10.6. The molecule has 1 amide bonds. The molecule has 0 radical (unpaired) electrons. The van der Waals surface area contributed by atoms with E-state index in [9.17, 15) is 13.2 Å². The van der Waals surface area contributed by atoms with E-state index in [2.05, 4.69) is 29.6 Å². The van der Waals surface area contributed by atoms with Crippen LogP contribution in [-0.4, -0.2) is 50.5 Å². The van der Waals surface area contributed by atoms with Crippen LogP contribution in [0.5, 0.6) is 0 Å². The van der Waals surface area contributed by atoms with Crippen LogP contribution in [0.4, 0.5) is 0 Å². The van der Waals surface area contributed by atoms with Gasteiger partial charge in [0.15, 0.2) is 0 Å². The summed E-state index contributed by atoms with van der Waals surface area (Å²) in [5.41, 5.74) is 2.65. The molecule has 3 aromatic carbocycles. The lowest BCUT2D eigenvalue weighted by Gasteiger charge is -2.34. The Morgan fingerprint density at radius 2 is 1.38 bits per heavy atom. The molecule has 178 valence electrons. The van der Waals surface area contributed by atoms with Gasteiger partial charge in [0, 0.05) is 31.1 Å². The monoisotopic (exact) mass is 478 g/mol. The first kappa shape index (κ1) is 24.1. The number of nitrogens with zero attached hydrogens (tertiary/aromatic N) is 1. The minimum Gasteiger partial charge on any atom is -0.373 e. The fourth-order valence-electron chi connectivity index (χ4n) is 4.35. The molecule has 1 fully saturated rings. The third kappa shape index (κ3) is 5.55. The molecule has 6 nitrogen and oxygen atoms in total. The highest BCUT2D eigenvalue weighted by Crippen LogP contribution is 2.24. The molecule has 1 aliphatic rings. The number of rotatable bonds is 7. The minimum atomic E-state index is -3.65. The summed E-state index contributed by atoms with van der Waals surface area (Å²) in [6, 6.07) is 26.2. The quantitative estimate of drug-likeness (QED) is 0.556. The summed E-state index contributed by atoms with van der Waals surface area (Å²) in [5, 5.41) is 3.01. The van der Waals surface area contributed by atoms with E-state index in [0.717, 1.165) is 11.1 Å². The van der Waals surface area contributed by atoms with E-state index in [0.29, 0.717) is 25.2 Å². The highest BCUT2D eigenvalue weighted by atomic mass is 32.2. The van der Waals surface area contributed by atoms with Crippen molar-refractivity contribution in [2.75, 3.05) is 19.6 Å². The maximum absolute atomic E-state index is 13.1. The normalized spacial score (nSPS) is 19.1. The lowest BCUT2D eigenvalue weighted by atomic mass is 9.91. The Morgan fingerprint density at radius 1 is 0.882 bits per heavy atom. The van der Waals surface area contributed by atoms with Crippen molar-refractivity contribution in [3.63, 3.8) is 0 Å². The van der Waals surface area contributed by atoms with E-state index >= 15 is 0 Å². The van der Waals surface area contributed by atoms with Crippen molar-refractivity contribution in [2.24, 2.45) is 0 Å². The topological polar surface area (TPSA) is 75.7 Å². The van der Waals surface area contributed by atoms with Gasteiger partial charge in [-0.3, -0.25) is 4.79 Å². The van der Waals surface area contributed by atoms with E-state index in [-0.39, 0.29) is 28.9 Å². The van der Waals surface area contributed by atoms with Gasteiger partial charge in [-0.05, 0) is 49.2 Å². The lowest BCUT2D eigenvalue weighted by molar-refractivity contribution is -0.0440. The van der Waals surface area contributed by atoms with Gasteiger partial charge < -0.3 is 10.1 Å². The largest absolute Gasteiger partial charge is 0.373 e. The molecule has 1 N–H and O–H groups in total. The summed E-state index contributed by atoms with van der Waals surface area (Å²) in [6.45, 7) is 4.79. The molecule has 4 rings (SSSR count). The molecule has 0 bridgehead atoms. The molecule has 7 heteroatoms. The smallest absolute Gasteiger partial charge is 0.251 e. The molecular weight excluding hydrogens is 448 g/mol. The molecule has 1 aliphatic heterocycles. The summed E-state index contributed by atoms with van der Waals surface area (Å²) in [5.74, 6) is -0.231. The van der Waals surface area contributed by atoms with E-state index in [1.165, 1.54) is 16.4 Å². The molecule has 2 atom stereocenters. The van der Waals surface area contributed by atoms with E-state index in [1.807, 2.05) is 50.2 Å². The average Bonchev–Trinajstić information content (AvgIpc) is 2.85. The van der Waals surface area contributed by atoms with Crippen LogP contribution < -0.4 is 5.32 Å². The Kier molecular flexibility index (Phi) is 7.46. The van der Waals surface area contributed by atoms with Crippen LogP contribution in [0.3, 0.4) is 0 Å². The Balaban J connectivity index is 1.46. The maximum atomic E-state index is 13.1. The summed E-state index contributed by atoms with van der Waals surface area (Å²) >= 11 is 0. The highest BCUT2D eigenvalue weighted by molar-refractivity contribution is 7.89. The van der Waals surface area contributed by atoms with Crippen molar-refractivity contribution in [3.8, 4) is 0 Å². The van der Waals surface area contributed by atoms with Gasteiger partial charge in [-0.1, -0.05) is 60.7 Å². The highest BCUT2D eigenvalue weighted by Gasteiger charge is 2.32. The summed E-state index contributed by atoms with van der Waals surface area (Å²) in [6.07, 6.45) is -0.323. The second kappa shape index (κ2) is 10.5. The Hall–Kier alpha value is -3.00. The number of carbonyl (C=O) groups excluding carboxylic acids is 1. The summed E-state index contributed by atoms with van der Waals surface area (Å²) in [4.78, 5) is 13.1. The van der Waals surface area contributed by atoms with Crippen molar-refractivity contribution in [1.82, 2.24) is 9.62 Å². The standard InChI is InChI=1S/C27H30N2O4S/c1-20-18-29(19-21(2)33-20)34(31,32)25-15-13-24(14-16-25)27(30)28-17-26(22-9-5-3-6-10-22)23-11-7-4-8-12-23/h3-16,20-21,26H,17-19H2,1-2H3,(H,28,30). The van der Waals surface area contributed by atoms with Gasteiger partial charge >= 0.3 is 0 Å². The number of nitrogens with one attached hydrogen (secondary N) is 1. The van der Waals surface area contributed by atoms with Crippen molar-refractivity contribution < 1.29 is 17.9 Å². The first-order valence-electron chi connectivity index (χ1n) is 11.5. The molecule has 0 spiro atoms. The van der Waals surface area contributed by atoms with Crippen LogP contribution in [0.15, 0.2) is 89.8 Å². The van der Waals surface area contributed by atoms with Crippen LogP contribution in [0.25, 0.3) is 0 Å². The van der Waals surface area contributed by atoms with Crippen molar-refractivity contribution in [1.29, 1.82) is 0 Å². The number of ether oxygens (including phenoxy) is 1. The lowest BCUT2D eigenvalue weighted by Crippen LogP contribution is -2.48. The number of hydrogen-bond donors (Lipinski definition) is 1. The zero-order valence-corrected chi connectivity index (χ0v) is 20.2. The fraction of sp³-hybridized carbons (Fsp3) is 0.296. The molecule has 0 aliphatic carbocycles. The minimum absolute atomic E-state index is 0.0105. The Labute approximate surface area is 201 Å². The summed E-state index contributed by atoms with van der Waals surface area (Å²) < 4.78 is 33.2. The average molecular weight is 479 g/mol.